The topological polar surface area (TPSA) is 37.4 Å². The van der Waals surface area contributed by atoms with Crippen LogP contribution in [-0.4, -0.2) is 25.7 Å². The maximum atomic E-state index is 10.8. The summed E-state index contributed by atoms with van der Waals surface area (Å²) >= 11 is 0. The Balaban J connectivity index is 3.01. The van der Waals surface area contributed by atoms with Crippen molar-refractivity contribution in [2.75, 3.05) is 7.05 Å². The van der Waals surface area contributed by atoms with Crippen molar-refractivity contribution in [3.8, 4) is 0 Å². The van der Waals surface area contributed by atoms with Gasteiger partial charge in [0.05, 0.1) is 0 Å². The Labute approximate surface area is 54.9 Å². The molecule has 1 unspecified atom stereocenters. The second-order valence-electron chi connectivity index (χ2n) is 2.14. The fraction of sp³-hybridized carbons (Fsp3) is 0.600. The van der Waals surface area contributed by atoms with Crippen molar-refractivity contribution in [2.45, 2.75) is 12.3 Å². The van der Waals surface area contributed by atoms with E-state index in [2.05, 4.69) is 0 Å². The van der Waals surface area contributed by atoms with E-state index in [1.54, 1.807) is 25.1 Å². The normalized spacial score (nSPS) is 31.3. The van der Waals surface area contributed by atoms with Crippen LogP contribution in [0, 0.1) is 0 Å². The summed E-state index contributed by atoms with van der Waals surface area (Å²) in [5, 5.41) is 0.856. The molecule has 0 amide bonds. The van der Waals surface area contributed by atoms with Crippen molar-refractivity contribution in [1.82, 2.24) is 4.90 Å². The monoisotopic (exact) mass is 147 g/mol. The predicted molar refractivity (Wildman–Crippen MR) is 35.3 cm³/mol. The summed E-state index contributed by atoms with van der Waals surface area (Å²) < 4.78 is 21.7. The molecule has 0 saturated heterocycles. The van der Waals surface area contributed by atoms with Crippen LogP contribution in [-0.2, 0) is 9.84 Å². The minimum Gasteiger partial charge on any atom is -0.363 e. The Morgan fingerprint density at radius 1 is 1.56 bits per heavy atom. The van der Waals surface area contributed by atoms with Crippen LogP contribution < -0.4 is 0 Å². The smallest absolute Gasteiger partial charge is 0.193 e. The van der Waals surface area contributed by atoms with E-state index in [9.17, 15) is 8.42 Å². The first-order valence-corrected chi connectivity index (χ1v) is 4.29. The van der Waals surface area contributed by atoms with Gasteiger partial charge >= 0.3 is 0 Å². The molecule has 0 aromatic heterocycles. The molecule has 1 aliphatic heterocycles. The Hall–Kier alpha value is -0.510. The quantitative estimate of drug-likeness (QED) is 0.490. The van der Waals surface area contributed by atoms with Crippen LogP contribution in [0.1, 0.15) is 6.92 Å². The lowest BCUT2D eigenvalue weighted by atomic mass is 10.6. The first kappa shape index (κ1) is 6.61. The van der Waals surface area contributed by atoms with Crippen LogP contribution in [0.4, 0.5) is 0 Å². The van der Waals surface area contributed by atoms with Crippen LogP contribution in [0.2, 0.25) is 0 Å². The number of hydrogen-bond donors (Lipinski definition) is 0. The molecular weight excluding hydrogens is 138 g/mol. The Morgan fingerprint density at radius 3 is 2.22 bits per heavy atom. The van der Waals surface area contributed by atoms with Gasteiger partial charge in [-0.3, -0.25) is 0 Å². The summed E-state index contributed by atoms with van der Waals surface area (Å²) in [4.78, 5) is 1.66. The molecule has 3 nitrogen and oxygen atoms in total. The fourth-order valence-electron chi connectivity index (χ4n) is 0.647. The van der Waals surface area contributed by atoms with Gasteiger partial charge in [-0.25, -0.2) is 8.42 Å². The average Bonchev–Trinajstić information content (AvgIpc) is 1.97. The second-order valence-corrected chi connectivity index (χ2v) is 4.27. The van der Waals surface area contributed by atoms with Crippen LogP contribution in [0.5, 0.6) is 0 Å². The molecular formula is C5H9NO2S. The van der Waals surface area contributed by atoms with Crippen LogP contribution in [0.15, 0.2) is 11.6 Å². The third kappa shape index (κ3) is 0.941. The standard InChI is InChI=1S/C5H9NO2S/c1-5-6(2)3-4-9(5,7)8/h3-5H,1-2H3. The highest BCUT2D eigenvalue weighted by Gasteiger charge is 2.25. The molecule has 9 heavy (non-hydrogen) atoms. The van der Waals surface area contributed by atoms with Crippen molar-refractivity contribution < 1.29 is 8.42 Å². The average molecular weight is 147 g/mol. The van der Waals surface area contributed by atoms with Crippen molar-refractivity contribution in [3.63, 3.8) is 0 Å². The van der Waals surface area contributed by atoms with Crippen LogP contribution in [0.3, 0.4) is 0 Å². The Bertz CT molecular complexity index is 229. The summed E-state index contributed by atoms with van der Waals surface area (Å²) in [7, 11) is -1.19. The lowest BCUT2D eigenvalue weighted by molar-refractivity contribution is 0.439. The first-order valence-electron chi connectivity index (χ1n) is 2.68. The second kappa shape index (κ2) is 1.73. The molecule has 0 aliphatic carbocycles. The van der Waals surface area contributed by atoms with Gasteiger partial charge in [0.1, 0.15) is 5.37 Å². The van der Waals surface area contributed by atoms with E-state index < -0.39 is 9.84 Å². The van der Waals surface area contributed by atoms with Gasteiger partial charge in [-0.2, -0.15) is 0 Å². The number of sulfone groups is 1. The Kier molecular flexibility index (Phi) is 1.27. The number of nitrogens with zero attached hydrogens (tertiary/aromatic N) is 1. The maximum absolute atomic E-state index is 10.8. The molecule has 4 heteroatoms. The fourth-order valence-corrected chi connectivity index (χ4v) is 1.77. The van der Waals surface area contributed by atoms with Gasteiger partial charge in [0.15, 0.2) is 9.84 Å². The van der Waals surface area contributed by atoms with Crippen molar-refractivity contribution in [2.24, 2.45) is 0 Å². The SMILES string of the molecule is CC1N(C)C=CS1(=O)=O. The van der Waals surface area contributed by atoms with E-state index in [4.69, 9.17) is 0 Å². The van der Waals surface area contributed by atoms with Crippen molar-refractivity contribution >= 4 is 9.84 Å². The lowest BCUT2D eigenvalue weighted by Crippen LogP contribution is -2.24. The highest BCUT2D eigenvalue weighted by atomic mass is 32.2. The van der Waals surface area contributed by atoms with E-state index in [0.29, 0.717) is 0 Å². The highest BCUT2D eigenvalue weighted by molar-refractivity contribution is 7.95. The first-order chi connectivity index (χ1) is 4.04. The molecule has 0 bridgehead atoms. The zero-order valence-corrected chi connectivity index (χ0v) is 6.22. The molecule has 1 rings (SSSR count). The van der Waals surface area contributed by atoms with E-state index in [-0.39, 0.29) is 5.37 Å². The third-order valence-electron chi connectivity index (χ3n) is 1.53. The van der Waals surface area contributed by atoms with Crippen molar-refractivity contribution in [3.05, 3.63) is 11.6 Å². The molecule has 0 radical (unpaired) electrons. The van der Waals surface area contributed by atoms with Gasteiger partial charge in [-0.15, -0.1) is 0 Å². The number of hydrogen-bond acceptors (Lipinski definition) is 3. The third-order valence-corrected chi connectivity index (χ3v) is 3.32. The summed E-state index contributed by atoms with van der Waals surface area (Å²) in [5.41, 5.74) is 0. The summed E-state index contributed by atoms with van der Waals surface area (Å²) in [5.74, 6) is 0. The maximum Gasteiger partial charge on any atom is 0.193 e. The van der Waals surface area contributed by atoms with Gasteiger partial charge in [-0.05, 0) is 6.92 Å². The molecule has 52 valence electrons. The van der Waals surface area contributed by atoms with E-state index in [1.165, 1.54) is 5.41 Å². The van der Waals surface area contributed by atoms with Gasteiger partial charge in [0.2, 0.25) is 0 Å². The summed E-state index contributed by atoms with van der Waals surface area (Å²) in [6.07, 6.45) is 1.57. The van der Waals surface area contributed by atoms with E-state index >= 15 is 0 Å². The Morgan fingerprint density at radius 2 is 2.11 bits per heavy atom. The summed E-state index contributed by atoms with van der Waals surface area (Å²) in [6.45, 7) is 1.66. The van der Waals surface area contributed by atoms with E-state index in [1.807, 2.05) is 0 Å². The molecule has 0 fully saturated rings. The molecule has 1 atom stereocenters. The molecule has 0 N–H and O–H groups in total. The lowest BCUT2D eigenvalue weighted by Gasteiger charge is -2.13. The molecule has 0 saturated carbocycles. The minimum absolute atomic E-state index is 0.377. The molecule has 0 aromatic carbocycles. The van der Waals surface area contributed by atoms with E-state index in [0.717, 1.165) is 0 Å². The van der Waals surface area contributed by atoms with Gasteiger partial charge in [0, 0.05) is 18.7 Å². The zero-order valence-electron chi connectivity index (χ0n) is 5.40. The van der Waals surface area contributed by atoms with Gasteiger partial charge in [-0.1, -0.05) is 0 Å². The van der Waals surface area contributed by atoms with Gasteiger partial charge < -0.3 is 4.90 Å². The van der Waals surface area contributed by atoms with Gasteiger partial charge in [0.25, 0.3) is 0 Å². The molecule has 0 aromatic rings. The minimum atomic E-state index is -2.93. The summed E-state index contributed by atoms with van der Waals surface area (Å²) in [6, 6.07) is 0. The van der Waals surface area contributed by atoms with Crippen LogP contribution in [0.25, 0.3) is 0 Å². The molecule has 1 aliphatic rings. The number of rotatable bonds is 0. The predicted octanol–water partition coefficient (Wildman–Crippen LogP) is 0.164. The van der Waals surface area contributed by atoms with Crippen molar-refractivity contribution in [1.29, 1.82) is 0 Å². The largest absolute Gasteiger partial charge is 0.363 e. The molecule has 1 heterocycles. The zero-order chi connectivity index (χ0) is 7.07. The highest BCUT2D eigenvalue weighted by Crippen LogP contribution is 2.14. The molecule has 0 spiro atoms. The van der Waals surface area contributed by atoms with Crippen LogP contribution >= 0.6 is 0 Å².